The molecule has 0 bridgehead atoms. The molecule has 1 aliphatic heterocycles. The van der Waals surface area contributed by atoms with E-state index in [1.54, 1.807) is 6.07 Å². The zero-order valence-electron chi connectivity index (χ0n) is 9.99. The fourth-order valence-corrected chi connectivity index (χ4v) is 2.26. The Labute approximate surface area is 114 Å². The Balaban J connectivity index is 2.17. The van der Waals surface area contributed by atoms with Crippen molar-refractivity contribution in [1.29, 1.82) is 0 Å². The number of carbonyl (C=O) groups is 2. The van der Waals surface area contributed by atoms with Gasteiger partial charge in [-0.05, 0) is 46.5 Å². The van der Waals surface area contributed by atoms with Crippen LogP contribution in [0.1, 0.15) is 31.2 Å². The zero-order chi connectivity index (χ0) is 13.1. The summed E-state index contributed by atoms with van der Waals surface area (Å²) in [5.74, 6) is -0.169. The van der Waals surface area contributed by atoms with E-state index >= 15 is 0 Å². The van der Waals surface area contributed by atoms with E-state index in [2.05, 4.69) is 15.9 Å². The normalized spacial score (nSPS) is 16.8. The fourth-order valence-electron chi connectivity index (χ4n) is 2.01. The summed E-state index contributed by atoms with van der Waals surface area (Å²) in [6.45, 7) is 0.315. The van der Waals surface area contributed by atoms with Gasteiger partial charge in [0, 0.05) is 23.0 Å². The van der Waals surface area contributed by atoms with Gasteiger partial charge in [0.2, 0.25) is 11.8 Å². The van der Waals surface area contributed by atoms with E-state index in [4.69, 9.17) is 5.73 Å². The molecular weight excluding hydrogens is 296 g/mol. The molecule has 96 valence electrons. The van der Waals surface area contributed by atoms with Crippen LogP contribution >= 0.6 is 15.9 Å². The molecule has 2 rings (SSSR count). The minimum absolute atomic E-state index is 0.0843. The number of amides is 2. The molecule has 1 heterocycles. The molecule has 0 aliphatic carbocycles. The van der Waals surface area contributed by atoms with Crippen molar-refractivity contribution < 1.29 is 9.59 Å². The molecule has 0 spiro atoms. The van der Waals surface area contributed by atoms with Crippen LogP contribution in [0.25, 0.3) is 0 Å². The Morgan fingerprint density at radius 3 is 2.33 bits per heavy atom. The van der Waals surface area contributed by atoms with E-state index in [0.29, 0.717) is 25.1 Å². The van der Waals surface area contributed by atoms with E-state index in [9.17, 15) is 9.59 Å². The summed E-state index contributed by atoms with van der Waals surface area (Å²) in [6.07, 6.45) is 2.50. The van der Waals surface area contributed by atoms with Gasteiger partial charge in [-0.1, -0.05) is 6.07 Å². The van der Waals surface area contributed by atoms with E-state index < -0.39 is 0 Å². The predicted octanol–water partition coefficient (Wildman–Crippen LogP) is 2.46. The molecule has 1 aromatic carbocycles. The summed E-state index contributed by atoms with van der Waals surface area (Å²) in [5, 5.41) is 0. The number of likely N-dealkylation sites (tertiary alicyclic amines) is 1. The Kier molecular flexibility index (Phi) is 4.01. The van der Waals surface area contributed by atoms with Crippen molar-refractivity contribution in [3.05, 3.63) is 28.2 Å². The second-order valence-corrected chi connectivity index (χ2v) is 5.29. The number of imide groups is 1. The van der Waals surface area contributed by atoms with Crippen LogP contribution in [0.5, 0.6) is 0 Å². The van der Waals surface area contributed by atoms with Crippen molar-refractivity contribution in [2.24, 2.45) is 0 Å². The van der Waals surface area contributed by atoms with Crippen LogP contribution in [0, 0.1) is 0 Å². The third-order valence-corrected chi connectivity index (χ3v) is 3.76. The van der Waals surface area contributed by atoms with Crippen LogP contribution in [0.4, 0.5) is 5.69 Å². The summed E-state index contributed by atoms with van der Waals surface area (Å²) < 4.78 is 0.819. The molecule has 1 aromatic rings. The second kappa shape index (κ2) is 5.52. The highest BCUT2D eigenvalue weighted by atomic mass is 79.9. The lowest BCUT2D eigenvalue weighted by Gasteiger charge is -2.19. The molecule has 0 aromatic heterocycles. The standard InChI is InChI=1S/C13H15BrN2O2/c14-10-6-5-9(7-11(10)15)8-16-12(17)3-1-2-4-13(16)18/h5-7H,1-4,8,15H2. The number of halogens is 1. The first-order chi connectivity index (χ1) is 8.58. The van der Waals surface area contributed by atoms with E-state index in [1.165, 1.54) is 4.90 Å². The van der Waals surface area contributed by atoms with E-state index in [-0.39, 0.29) is 11.8 Å². The summed E-state index contributed by atoms with van der Waals surface area (Å²) in [7, 11) is 0. The zero-order valence-corrected chi connectivity index (χ0v) is 11.6. The van der Waals surface area contributed by atoms with Gasteiger partial charge in [-0.15, -0.1) is 0 Å². The van der Waals surface area contributed by atoms with Gasteiger partial charge in [-0.25, -0.2) is 0 Å². The molecule has 0 saturated carbocycles. The summed E-state index contributed by atoms with van der Waals surface area (Å²) in [5.41, 5.74) is 7.28. The smallest absolute Gasteiger partial charge is 0.229 e. The lowest BCUT2D eigenvalue weighted by molar-refractivity contribution is -0.144. The van der Waals surface area contributed by atoms with Gasteiger partial charge in [0.15, 0.2) is 0 Å². The topological polar surface area (TPSA) is 63.4 Å². The monoisotopic (exact) mass is 310 g/mol. The minimum Gasteiger partial charge on any atom is -0.398 e. The number of nitrogens with zero attached hydrogens (tertiary/aromatic N) is 1. The molecule has 4 nitrogen and oxygen atoms in total. The number of nitrogen functional groups attached to an aromatic ring is 1. The Morgan fingerprint density at radius 2 is 1.78 bits per heavy atom. The van der Waals surface area contributed by atoms with Crippen molar-refractivity contribution in [3.8, 4) is 0 Å². The van der Waals surface area contributed by atoms with Crippen molar-refractivity contribution in [2.45, 2.75) is 32.2 Å². The number of carbonyl (C=O) groups excluding carboxylic acids is 2. The van der Waals surface area contributed by atoms with Gasteiger partial charge in [-0.3, -0.25) is 14.5 Å². The first kappa shape index (κ1) is 13.1. The molecular formula is C13H15BrN2O2. The van der Waals surface area contributed by atoms with Gasteiger partial charge < -0.3 is 5.73 Å². The molecule has 2 N–H and O–H groups in total. The number of hydrogen-bond acceptors (Lipinski definition) is 3. The molecule has 2 amide bonds. The van der Waals surface area contributed by atoms with Crippen molar-refractivity contribution >= 4 is 33.4 Å². The minimum atomic E-state index is -0.0843. The molecule has 18 heavy (non-hydrogen) atoms. The molecule has 1 saturated heterocycles. The first-order valence-corrected chi connectivity index (χ1v) is 6.74. The number of hydrogen-bond donors (Lipinski definition) is 1. The average Bonchev–Trinajstić information content (AvgIpc) is 2.49. The number of benzene rings is 1. The highest BCUT2D eigenvalue weighted by Gasteiger charge is 2.24. The second-order valence-electron chi connectivity index (χ2n) is 4.44. The van der Waals surface area contributed by atoms with E-state index in [0.717, 1.165) is 22.9 Å². The first-order valence-electron chi connectivity index (χ1n) is 5.95. The Morgan fingerprint density at radius 1 is 1.17 bits per heavy atom. The van der Waals surface area contributed by atoms with E-state index in [1.807, 2.05) is 12.1 Å². The van der Waals surface area contributed by atoms with Crippen LogP contribution in [-0.4, -0.2) is 16.7 Å². The Bertz CT molecular complexity index is 470. The van der Waals surface area contributed by atoms with Crippen molar-refractivity contribution in [3.63, 3.8) is 0 Å². The van der Waals surface area contributed by atoms with Crippen molar-refractivity contribution in [1.82, 2.24) is 4.90 Å². The molecule has 0 atom stereocenters. The van der Waals surface area contributed by atoms with Gasteiger partial charge in [0.05, 0.1) is 6.54 Å². The van der Waals surface area contributed by atoms with Crippen LogP contribution in [0.15, 0.2) is 22.7 Å². The maximum absolute atomic E-state index is 11.8. The third kappa shape index (κ3) is 2.90. The maximum atomic E-state index is 11.8. The fraction of sp³-hybridized carbons (Fsp3) is 0.385. The maximum Gasteiger partial charge on any atom is 0.229 e. The van der Waals surface area contributed by atoms with Crippen LogP contribution in [0.2, 0.25) is 0 Å². The SMILES string of the molecule is Nc1cc(CN2C(=O)CCCCC2=O)ccc1Br. The van der Waals surface area contributed by atoms with Gasteiger partial charge in [0.1, 0.15) is 0 Å². The van der Waals surface area contributed by atoms with Gasteiger partial charge >= 0.3 is 0 Å². The van der Waals surface area contributed by atoms with Gasteiger partial charge in [0.25, 0.3) is 0 Å². The molecule has 5 heteroatoms. The summed E-state index contributed by atoms with van der Waals surface area (Å²) in [6, 6.07) is 5.48. The molecule has 0 radical (unpaired) electrons. The highest BCUT2D eigenvalue weighted by molar-refractivity contribution is 9.10. The largest absolute Gasteiger partial charge is 0.398 e. The molecule has 1 fully saturated rings. The molecule has 1 aliphatic rings. The van der Waals surface area contributed by atoms with Gasteiger partial charge in [-0.2, -0.15) is 0 Å². The number of nitrogens with two attached hydrogens (primary N) is 1. The molecule has 0 unspecified atom stereocenters. The Hall–Kier alpha value is -1.36. The third-order valence-electron chi connectivity index (χ3n) is 3.03. The summed E-state index contributed by atoms with van der Waals surface area (Å²) in [4.78, 5) is 25.0. The highest BCUT2D eigenvalue weighted by Crippen LogP contribution is 2.22. The lowest BCUT2D eigenvalue weighted by Crippen LogP contribution is -2.34. The van der Waals surface area contributed by atoms with Crippen LogP contribution in [0.3, 0.4) is 0 Å². The van der Waals surface area contributed by atoms with Crippen LogP contribution < -0.4 is 5.73 Å². The summed E-state index contributed by atoms with van der Waals surface area (Å²) >= 11 is 3.32. The quantitative estimate of drug-likeness (QED) is 0.674. The average molecular weight is 311 g/mol. The van der Waals surface area contributed by atoms with Crippen LogP contribution in [-0.2, 0) is 16.1 Å². The van der Waals surface area contributed by atoms with Crippen molar-refractivity contribution in [2.75, 3.05) is 5.73 Å². The predicted molar refractivity (Wildman–Crippen MR) is 72.6 cm³/mol. The number of rotatable bonds is 2. The lowest BCUT2D eigenvalue weighted by atomic mass is 10.2. The number of anilines is 1.